The number of benzene rings is 1. The molecule has 2 fully saturated rings. The quantitative estimate of drug-likeness (QED) is 0.531. The molecule has 0 radical (unpaired) electrons. The topological polar surface area (TPSA) is 70.1 Å². The maximum atomic E-state index is 13.0. The Morgan fingerprint density at radius 1 is 1.12 bits per heavy atom. The van der Waals surface area contributed by atoms with Gasteiger partial charge in [-0.3, -0.25) is 9.59 Å². The van der Waals surface area contributed by atoms with E-state index in [0.29, 0.717) is 29.8 Å². The van der Waals surface area contributed by atoms with Gasteiger partial charge in [0.05, 0.1) is 17.5 Å². The van der Waals surface area contributed by atoms with Crippen molar-refractivity contribution in [1.29, 1.82) is 0 Å². The summed E-state index contributed by atoms with van der Waals surface area (Å²) >= 11 is 3.35. The van der Waals surface area contributed by atoms with Gasteiger partial charge in [0.15, 0.2) is 0 Å². The van der Waals surface area contributed by atoms with E-state index < -0.39 is 0 Å². The van der Waals surface area contributed by atoms with Gasteiger partial charge in [-0.15, -0.1) is 0 Å². The molecule has 2 saturated heterocycles. The Labute approximate surface area is 200 Å². The molecule has 7 heteroatoms. The van der Waals surface area contributed by atoms with Crippen LogP contribution in [-0.2, 0) is 20.7 Å². The van der Waals surface area contributed by atoms with E-state index in [0.717, 1.165) is 57.0 Å². The number of hydrogen-bond acceptors (Lipinski definition) is 5. The molecule has 178 valence electrons. The Balaban J connectivity index is 1.38. The van der Waals surface area contributed by atoms with Crippen LogP contribution in [-0.4, -0.2) is 66.1 Å². The second-order valence-corrected chi connectivity index (χ2v) is 10.1. The van der Waals surface area contributed by atoms with Gasteiger partial charge >= 0.3 is 5.97 Å². The molecule has 2 aliphatic heterocycles. The first-order valence-electron chi connectivity index (χ1n) is 12.0. The molecule has 1 atom stereocenters. The summed E-state index contributed by atoms with van der Waals surface area (Å²) < 4.78 is 5.70. The average Bonchev–Trinajstić information content (AvgIpc) is 2.80. The minimum absolute atomic E-state index is 0.0642. The number of likely N-dealkylation sites (tertiary alicyclic amines) is 2. The van der Waals surface area contributed by atoms with Gasteiger partial charge in [-0.2, -0.15) is 0 Å². The largest absolute Gasteiger partial charge is 0.507 e. The fourth-order valence-corrected chi connectivity index (χ4v) is 5.58. The fraction of sp³-hybridized carbons (Fsp3) is 0.680. The Morgan fingerprint density at radius 3 is 2.34 bits per heavy atom. The van der Waals surface area contributed by atoms with Crippen LogP contribution in [0, 0.1) is 17.8 Å². The lowest BCUT2D eigenvalue weighted by Crippen LogP contribution is -2.44. The van der Waals surface area contributed by atoms with Crippen LogP contribution in [0.2, 0.25) is 0 Å². The molecule has 1 aromatic rings. The highest BCUT2D eigenvalue weighted by atomic mass is 79.9. The number of halogens is 1. The number of ether oxygens (including phenoxy) is 1. The van der Waals surface area contributed by atoms with Crippen molar-refractivity contribution in [2.75, 3.05) is 39.3 Å². The van der Waals surface area contributed by atoms with Gasteiger partial charge in [0.1, 0.15) is 5.75 Å². The Kier molecular flexibility index (Phi) is 9.41. The Morgan fingerprint density at radius 2 is 1.75 bits per heavy atom. The SMILES string of the molecule is CCOC(=O)CCN1CCC(C2CCN(C(=O)[C@H](C)Cc3ccc(O)c(Br)c3)CC2)CC1. The molecule has 1 amide bonds. The smallest absolute Gasteiger partial charge is 0.307 e. The van der Waals surface area contributed by atoms with Gasteiger partial charge in [0, 0.05) is 25.6 Å². The number of phenolic OH excluding ortho intramolecular Hbond substituents is 1. The molecule has 0 bridgehead atoms. The third-order valence-corrected chi connectivity index (χ3v) is 7.70. The summed E-state index contributed by atoms with van der Waals surface area (Å²) in [6, 6.07) is 5.45. The van der Waals surface area contributed by atoms with Crippen molar-refractivity contribution in [2.45, 2.75) is 52.4 Å². The molecule has 3 rings (SSSR count). The van der Waals surface area contributed by atoms with E-state index in [9.17, 15) is 14.7 Å². The highest BCUT2D eigenvalue weighted by Gasteiger charge is 2.32. The summed E-state index contributed by atoms with van der Waals surface area (Å²) in [5.74, 6) is 1.73. The zero-order valence-corrected chi connectivity index (χ0v) is 21.0. The van der Waals surface area contributed by atoms with Crippen LogP contribution in [0.4, 0.5) is 0 Å². The van der Waals surface area contributed by atoms with Gasteiger partial charge < -0.3 is 19.6 Å². The predicted octanol–water partition coefficient (Wildman–Crippen LogP) is 4.24. The number of phenols is 1. The molecule has 0 saturated carbocycles. The number of amides is 1. The first-order chi connectivity index (χ1) is 15.4. The first-order valence-corrected chi connectivity index (χ1v) is 12.8. The number of hydrogen-bond donors (Lipinski definition) is 1. The van der Waals surface area contributed by atoms with E-state index in [1.54, 1.807) is 6.07 Å². The summed E-state index contributed by atoms with van der Waals surface area (Å²) in [4.78, 5) is 29.0. The number of aromatic hydroxyl groups is 1. The summed E-state index contributed by atoms with van der Waals surface area (Å²) in [5, 5.41) is 9.66. The van der Waals surface area contributed by atoms with Gasteiger partial charge in [0.25, 0.3) is 0 Å². The second kappa shape index (κ2) is 12.0. The van der Waals surface area contributed by atoms with Gasteiger partial charge in [-0.1, -0.05) is 13.0 Å². The number of piperidine rings is 2. The van der Waals surface area contributed by atoms with Crippen molar-refractivity contribution in [2.24, 2.45) is 17.8 Å². The molecular weight excluding hydrogens is 472 g/mol. The predicted molar refractivity (Wildman–Crippen MR) is 128 cm³/mol. The zero-order valence-electron chi connectivity index (χ0n) is 19.4. The molecule has 1 aromatic carbocycles. The van der Waals surface area contributed by atoms with Crippen LogP contribution in [0.5, 0.6) is 5.75 Å². The van der Waals surface area contributed by atoms with Crippen molar-refractivity contribution >= 4 is 27.8 Å². The van der Waals surface area contributed by atoms with Crippen LogP contribution >= 0.6 is 15.9 Å². The number of esters is 1. The minimum atomic E-state index is -0.0982. The normalized spacial score (nSPS) is 19.7. The van der Waals surface area contributed by atoms with Gasteiger partial charge in [0.2, 0.25) is 5.91 Å². The van der Waals surface area contributed by atoms with Crippen LogP contribution in [0.3, 0.4) is 0 Å². The molecular formula is C25H37BrN2O4. The lowest BCUT2D eigenvalue weighted by molar-refractivity contribution is -0.143. The zero-order chi connectivity index (χ0) is 23.1. The summed E-state index contributed by atoms with van der Waals surface area (Å²) in [7, 11) is 0. The van der Waals surface area contributed by atoms with Crippen LogP contribution < -0.4 is 0 Å². The summed E-state index contributed by atoms with van der Waals surface area (Å²) in [6.07, 6.45) is 5.73. The standard InChI is InChI=1S/C25H37BrN2O4/c1-3-32-24(30)10-13-27-11-6-20(7-12-27)21-8-14-28(15-9-21)25(31)18(2)16-19-4-5-23(29)22(26)17-19/h4-5,17-18,20-21,29H,3,6-16H2,1-2H3/t18-/m1/s1. The fourth-order valence-electron chi connectivity index (χ4n) is 5.15. The molecule has 0 spiro atoms. The third kappa shape index (κ3) is 6.95. The molecule has 32 heavy (non-hydrogen) atoms. The van der Waals surface area contributed by atoms with E-state index in [2.05, 4.69) is 20.8 Å². The van der Waals surface area contributed by atoms with Crippen LogP contribution in [0.1, 0.15) is 51.5 Å². The maximum absolute atomic E-state index is 13.0. The van der Waals surface area contributed by atoms with Crippen molar-refractivity contribution in [3.8, 4) is 5.75 Å². The lowest BCUT2D eigenvalue weighted by Gasteiger charge is -2.40. The Bertz CT molecular complexity index is 771. The van der Waals surface area contributed by atoms with Crippen LogP contribution in [0.25, 0.3) is 0 Å². The molecule has 6 nitrogen and oxygen atoms in total. The number of carbonyl (C=O) groups is 2. The van der Waals surface area contributed by atoms with Crippen molar-refractivity contribution in [3.05, 3.63) is 28.2 Å². The maximum Gasteiger partial charge on any atom is 0.307 e. The summed E-state index contributed by atoms with van der Waals surface area (Å²) in [6.45, 7) is 8.93. The lowest BCUT2D eigenvalue weighted by atomic mass is 9.78. The van der Waals surface area contributed by atoms with E-state index in [1.165, 1.54) is 12.8 Å². The average molecular weight is 509 g/mol. The molecule has 1 N–H and O–H groups in total. The number of nitrogens with zero attached hydrogens (tertiary/aromatic N) is 2. The minimum Gasteiger partial charge on any atom is -0.507 e. The van der Waals surface area contributed by atoms with Gasteiger partial charge in [-0.05, 0) is 97.6 Å². The Hall–Kier alpha value is -1.60. The van der Waals surface area contributed by atoms with E-state index in [-0.39, 0.29) is 23.5 Å². The van der Waals surface area contributed by atoms with E-state index in [1.807, 2.05) is 30.9 Å². The second-order valence-electron chi connectivity index (χ2n) is 9.29. The molecule has 2 aliphatic rings. The molecule has 0 aromatic heterocycles. The number of rotatable bonds is 8. The monoisotopic (exact) mass is 508 g/mol. The van der Waals surface area contributed by atoms with Crippen molar-refractivity contribution in [1.82, 2.24) is 9.80 Å². The molecule has 0 aliphatic carbocycles. The molecule has 2 heterocycles. The molecule has 0 unspecified atom stereocenters. The van der Waals surface area contributed by atoms with E-state index >= 15 is 0 Å². The highest BCUT2D eigenvalue weighted by Crippen LogP contribution is 2.33. The van der Waals surface area contributed by atoms with E-state index in [4.69, 9.17) is 4.74 Å². The third-order valence-electron chi connectivity index (χ3n) is 7.06. The van der Waals surface area contributed by atoms with Crippen LogP contribution in [0.15, 0.2) is 22.7 Å². The van der Waals surface area contributed by atoms with Crippen molar-refractivity contribution in [3.63, 3.8) is 0 Å². The first kappa shape index (κ1) is 25.0. The number of carbonyl (C=O) groups excluding carboxylic acids is 2. The highest BCUT2D eigenvalue weighted by molar-refractivity contribution is 9.10. The van der Waals surface area contributed by atoms with Gasteiger partial charge in [-0.25, -0.2) is 0 Å². The summed E-state index contributed by atoms with van der Waals surface area (Å²) in [5.41, 5.74) is 1.06. The van der Waals surface area contributed by atoms with Crippen molar-refractivity contribution < 1.29 is 19.4 Å².